The standard InChI is InChI=1S/C20H22N4O8/c1-10(2)19(28)21-14-7-8-23(20(29)22-14)15-9-13(25)18(32-15)17(27)16(26)11-3-5-12(6-4-11)24(30)31/h3-8,10,13,15,17-18,25,27H,9H2,1-2H3,(H,21,22,28,29)/t13-,15+,17?,18-/m0/s1. The van der Waals surface area contributed by atoms with E-state index in [2.05, 4.69) is 10.3 Å². The average Bonchev–Trinajstić information content (AvgIpc) is 3.13. The molecule has 1 aromatic heterocycles. The zero-order valence-corrected chi connectivity index (χ0v) is 17.2. The fraction of sp³-hybridized carbons (Fsp3) is 0.400. The lowest BCUT2D eigenvalue weighted by Gasteiger charge is -2.20. The van der Waals surface area contributed by atoms with Gasteiger partial charge in [-0.25, -0.2) is 4.79 Å². The molecule has 12 nitrogen and oxygen atoms in total. The number of aromatic nitrogens is 2. The second kappa shape index (κ2) is 9.34. The normalized spacial score (nSPS) is 21.3. The summed E-state index contributed by atoms with van der Waals surface area (Å²) in [5, 5.41) is 34.0. The highest BCUT2D eigenvalue weighted by molar-refractivity contribution is 6.00. The van der Waals surface area contributed by atoms with Gasteiger partial charge in [-0.2, -0.15) is 4.98 Å². The van der Waals surface area contributed by atoms with Crippen LogP contribution in [-0.2, 0) is 9.53 Å². The number of benzene rings is 1. The number of amides is 1. The van der Waals surface area contributed by atoms with Gasteiger partial charge in [0.1, 0.15) is 24.3 Å². The zero-order chi connectivity index (χ0) is 23.6. The molecule has 3 rings (SSSR count). The predicted octanol–water partition coefficient (Wildman–Crippen LogP) is 0.638. The Kier molecular flexibility index (Phi) is 6.77. The molecule has 4 atom stereocenters. The Morgan fingerprint density at radius 3 is 2.50 bits per heavy atom. The number of carbonyl (C=O) groups excluding carboxylic acids is 2. The monoisotopic (exact) mass is 446 g/mol. The molecule has 0 bridgehead atoms. The summed E-state index contributed by atoms with van der Waals surface area (Å²) in [6.45, 7) is 3.38. The second-order valence-corrected chi connectivity index (χ2v) is 7.62. The summed E-state index contributed by atoms with van der Waals surface area (Å²) in [5.74, 6) is -1.34. The summed E-state index contributed by atoms with van der Waals surface area (Å²) in [4.78, 5) is 50.5. The van der Waals surface area contributed by atoms with Crippen LogP contribution in [0.15, 0.2) is 41.3 Å². The van der Waals surface area contributed by atoms with E-state index in [0.29, 0.717) is 0 Å². The second-order valence-electron chi connectivity index (χ2n) is 7.62. The molecule has 1 aromatic carbocycles. The molecule has 3 N–H and O–H groups in total. The average molecular weight is 446 g/mol. The van der Waals surface area contributed by atoms with Crippen molar-refractivity contribution in [2.45, 2.75) is 44.8 Å². The summed E-state index contributed by atoms with van der Waals surface area (Å²) in [6, 6.07) is 6.03. The van der Waals surface area contributed by atoms with Gasteiger partial charge in [0.05, 0.1) is 11.0 Å². The van der Waals surface area contributed by atoms with E-state index >= 15 is 0 Å². The predicted molar refractivity (Wildman–Crippen MR) is 110 cm³/mol. The number of aliphatic hydroxyl groups is 2. The Balaban J connectivity index is 1.72. The molecule has 0 saturated carbocycles. The number of ether oxygens (including phenoxy) is 1. The van der Waals surface area contributed by atoms with Crippen LogP contribution in [0.25, 0.3) is 0 Å². The highest BCUT2D eigenvalue weighted by atomic mass is 16.6. The molecule has 1 saturated heterocycles. The van der Waals surface area contributed by atoms with Gasteiger partial charge < -0.3 is 20.3 Å². The van der Waals surface area contributed by atoms with E-state index in [-0.39, 0.29) is 35.3 Å². The molecule has 1 unspecified atom stereocenters. The number of hydrogen-bond donors (Lipinski definition) is 3. The molecule has 32 heavy (non-hydrogen) atoms. The van der Waals surface area contributed by atoms with E-state index in [9.17, 15) is 34.7 Å². The van der Waals surface area contributed by atoms with Crippen LogP contribution in [0.1, 0.15) is 36.9 Å². The smallest absolute Gasteiger partial charge is 0.351 e. The third-order valence-corrected chi connectivity index (χ3v) is 4.99. The van der Waals surface area contributed by atoms with E-state index in [1.165, 1.54) is 24.4 Å². The number of nitrogens with zero attached hydrogens (tertiary/aromatic N) is 3. The molecule has 0 radical (unpaired) electrons. The van der Waals surface area contributed by atoms with Crippen molar-refractivity contribution >= 4 is 23.2 Å². The zero-order valence-electron chi connectivity index (χ0n) is 17.2. The van der Waals surface area contributed by atoms with Gasteiger partial charge in [0.15, 0.2) is 5.78 Å². The minimum absolute atomic E-state index is 0.00595. The molecule has 2 heterocycles. The molecule has 1 fully saturated rings. The van der Waals surface area contributed by atoms with Gasteiger partial charge in [-0.15, -0.1) is 0 Å². The van der Waals surface area contributed by atoms with Crippen molar-refractivity contribution in [2.75, 3.05) is 5.32 Å². The maximum Gasteiger partial charge on any atom is 0.351 e. The highest BCUT2D eigenvalue weighted by Gasteiger charge is 2.42. The van der Waals surface area contributed by atoms with Gasteiger partial charge in [-0.05, 0) is 18.2 Å². The van der Waals surface area contributed by atoms with E-state index in [0.717, 1.165) is 16.7 Å². The van der Waals surface area contributed by atoms with Crippen molar-refractivity contribution in [3.8, 4) is 0 Å². The Bertz CT molecular complexity index is 1080. The number of Topliss-reactive ketones (excluding diaryl/α,β-unsaturated/α-hetero) is 1. The summed E-state index contributed by atoms with van der Waals surface area (Å²) >= 11 is 0. The molecule has 0 spiro atoms. The first-order chi connectivity index (χ1) is 15.1. The van der Waals surface area contributed by atoms with E-state index < -0.39 is 40.9 Å². The topological polar surface area (TPSA) is 174 Å². The molecule has 1 aliphatic heterocycles. The third-order valence-electron chi connectivity index (χ3n) is 4.99. The molecule has 2 aromatic rings. The number of non-ortho nitro benzene ring substituents is 1. The van der Waals surface area contributed by atoms with Crippen molar-refractivity contribution in [2.24, 2.45) is 5.92 Å². The first-order valence-corrected chi connectivity index (χ1v) is 9.78. The largest absolute Gasteiger partial charge is 0.390 e. The number of aliphatic hydroxyl groups excluding tert-OH is 2. The maximum absolute atomic E-state index is 12.5. The number of rotatable bonds is 7. The molecule has 12 heteroatoms. The van der Waals surface area contributed by atoms with Gasteiger partial charge in [-0.1, -0.05) is 13.8 Å². The Morgan fingerprint density at radius 2 is 1.94 bits per heavy atom. The lowest BCUT2D eigenvalue weighted by Crippen LogP contribution is -2.40. The summed E-state index contributed by atoms with van der Waals surface area (Å²) in [5.41, 5.74) is -0.958. The van der Waals surface area contributed by atoms with Gasteiger partial charge in [-0.3, -0.25) is 24.3 Å². The van der Waals surface area contributed by atoms with Crippen LogP contribution in [0, 0.1) is 16.0 Å². The van der Waals surface area contributed by atoms with E-state index in [4.69, 9.17) is 4.74 Å². The maximum atomic E-state index is 12.5. The molecule has 170 valence electrons. The number of nitro benzene ring substituents is 1. The number of ketones is 1. The fourth-order valence-electron chi connectivity index (χ4n) is 3.17. The Morgan fingerprint density at radius 1 is 1.28 bits per heavy atom. The minimum Gasteiger partial charge on any atom is -0.390 e. The Labute approximate surface area is 181 Å². The lowest BCUT2D eigenvalue weighted by molar-refractivity contribution is -0.384. The fourth-order valence-corrected chi connectivity index (χ4v) is 3.17. The molecule has 0 aliphatic carbocycles. The summed E-state index contributed by atoms with van der Waals surface area (Å²) < 4.78 is 6.65. The Hall–Kier alpha value is -3.48. The summed E-state index contributed by atoms with van der Waals surface area (Å²) in [7, 11) is 0. The van der Waals surface area contributed by atoms with Crippen molar-refractivity contribution in [1.29, 1.82) is 0 Å². The van der Waals surface area contributed by atoms with Crippen molar-refractivity contribution < 1.29 is 29.5 Å². The van der Waals surface area contributed by atoms with Crippen LogP contribution in [0.4, 0.5) is 11.5 Å². The van der Waals surface area contributed by atoms with Crippen molar-refractivity contribution in [3.05, 3.63) is 62.7 Å². The van der Waals surface area contributed by atoms with Crippen LogP contribution in [0.5, 0.6) is 0 Å². The van der Waals surface area contributed by atoms with Crippen LogP contribution in [-0.4, -0.2) is 54.7 Å². The number of nitro groups is 1. The quantitative estimate of drug-likeness (QED) is 0.313. The van der Waals surface area contributed by atoms with E-state index in [1.807, 2.05) is 0 Å². The molecule has 1 amide bonds. The van der Waals surface area contributed by atoms with Crippen molar-refractivity contribution in [1.82, 2.24) is 9.55 Å². The molecule has 1 aliphatic rings. The summed E-state index contributed by atoms with van der Waals surface area (Å²) in [6.07, 6.45) is -4.10. The SMILES string of the molecule is CC(C)C(=O)Nc1ccn([C@H]2C[C@H](O)[C@@H](C(O)C(=O)c3ccc([N+](=O)[O-])cc3)O2)c(=O)n1. The van der Waals surface area contributed by atoms with Gasteiger partial charge >= 0.3 is 5.69 Å². The number of carbonyl (C=O) groups is 2. The van der Waals surface area contributed by atoms with Gasteiger partial charge in [0, 0.05) is 36.2 Å². The third kappa shape index (κ3) is 4.88. The lowest BCUT2D eigenvalue weighted by atomic mass is 9.99. The van der Waals surface area contributed by atoms with Crippen LogP contribution in [0.3, 0.4) is 0 Å². The minimum atomic E-state index is -1.76. The van der Waals surface area contributed by atoms with Gasteiger partial charge in [0.25, 0.3) is 5.69 Å². The molecular weight excluding hydrogens is 424 g/mol. The van der Waals surface area contributed by atoms with Crippen LogP contribution in [0.2, 0.25) is 0 Å². The van der Waals surface area contributed by atoms with Crippen LogP contribution < -0.4 is 11.0 Å². The van der Waals surface area contributed by atoms with Crippen LogP contribution >= 0.6 is 0 Å². The highest BCUT2D eigenvalue weighted by Crippen LogP contribution is 2.30. The van der Waals surface area contributed by atoms with Gasteiger partial charge in [0.2, 0.25) is 5.91 Å². The van der Waals surface area contributed by atoms with Crippen molar-refractivity contribution in [3.63, 3.8) is 0 Å². The molecular formula is C20H22N4O8. The van der Waals surface area contributed by atoms with E-state index in [1.54, 1.807) is 13.8 Å². The first-order valence-electron chi connectivity index (χ1n) is 9.78. The number of hydrogen-bond acceptors (Lipinski definition) is 9. The number of anilines is 1. The number of nitrogens with one attached hydrogen (secondary N) is 1. The first kappa shape index (κ1) is 23.2.